The minimum absolute atomic E-state index is 0.00539. The summed E-state index contributed by atoms with van der Waals surface area (Å²) in [7, 11) is 0. The maximum Gasteiger partial charge on any atom is 0.267 e. The number of H-pyrrole nitrogens is 1. The van der Waals surface area contributed by atoms with Crippen molar-refractivity contribution in [3.8, 4) is 11.1 Å². The van der Waals surface area contributed by atoms with Crippen molar-refractivity contribution >= 4 is 22.8 Å². The third kappa shape index (κ3) is 5.44. The standard InChI is InChI=1S/C28H29FN4O3/c1-28(2,3)20-8-6-17(7-9-20)26(35)32-16-19-5-4-18(14-23(19)29)21-10-11-30-25-22(21)15-24(33-25)27(36)31-12-13-34/h4-11,14-15,34H,12-13,16H2,1-3H3,(H,30,33)(H,31,36)(H,32,35). The number of amides is 2. The van der Waals surface area contributed by atoms with Gasteiger partial charge in [-0.3, -0.25) is 9.59 Å². The van der Waals surface area contributed by atoms with Gasteiger partial charge in [0.1, 0.15) is 17.2 Å². The third-order valence-electron chi connectivity index (χ3n) is 5.99. The number of nitrogens with one attached hydrogen (secondary N) is 3. The molecule has 0 atom stereocenters. The van der Waals surface area contributed by atoms with Crippen molar-refractivity contribution in [2.75, 3.05) is 13.2 Å². The van der Waals surface area contributed by atoms with Gasteiger partial charge in [-0.2, -0.15) is 0 Å². The summed E-state index contributed by atoms with van der Waals surface area (Å²) in [4.78, 5) is 32.0. The molecule has 0 fully saturated rings. The van der Waals surface area contributed by atoms with Gasteiger partial charge in [0.25, 0.3) is 11.8 Å². The lowest BCUT2D eigenvalue weighted by Gasteiger charge is -2.19. The molecule has 0 aliphatic heterocycles. The van der Waals surface area contributed by atoms with Crippen LogP contribution in [0.3, 0.4) is 0 Å². The minimum Gasteiger partial charge on any atom is -0.395 e. The van der Waals surface area contributed by atoms with E-state index in [-0.39, 0.29) is 36.9 Å². The normalized spacial score (nSPS) is 11.5. The quantitative estimate of drug-likeness (QED) is 0.311. The van der Waals surface area contributed by atoms with Crippen LogP contribution in [0.25, 0.3) is 22.2 Å². The van der Waals surface area contributed by atoms with Crippen molar-refractivity contribution < 1.29 is 19.1 Å². The van der Waals surface area contributed by atoms with E-state index in [2.05, 4.69) is 41.4 Å². The van der Waals surface area contributed by atoms with Gasteiger partial charge in [0.05, 0.1) is 6.61 Å². The lowest BCUT2D eigenvalue weighted by atomic mass is 9.87. The summed E-state index contributed by atoms with van der Waals surface area (Å²) >= 11 is 0. The molecule has 0 unspecified atom stereocenters. The van der Waals surface area contributed by atoms with E-state index in [9.17, 15) is 14.0 Å². The van der Waals surface area contributed by atoms with Gasteiger partial charge in [0.15, 0.2) is 0 Å². The Morgan fingerprint density at radius 1 is 1.00 bits per heavy atom. The van der Waals surface area contributed by atoms with Gasteiger partial charge in [-0.15, -0.1) is 0 Å². The summed E-state index contributed by atoms with van der Waals surface area (Å²) in [5, 5.41) is 14.9. The zero-order valence-electron chi connectivity index (χ0n) is 20.5. The lowest BCUT2D eigenvalue weighted by molar-refractivity contribution is 0.0936. The minimum atomic E-state index is -0.447. The van der Waals surface area contributed by atoms with Gasteiger partial charge in [0.2, 0.25) is 0 Å². The fourth-order valence-electron chi connectivity index (χ4n) is 3.92. The van der Waals surface area contributed by atoms with E-state index >= 15 is 0 Å². The average molecular weight is 489 g/mol. The molecule has 2 aromatic carbocycles. The second-order valence-electron chi connectivity index (χ2n) is 9.60. The molecule has 186 valence electrons. The van der Waals surface area contributed by atoms with Crippen molar-refractivity contribution in [3.63, 3.8) is 0 Å². The molecule has 7 nitrogen and oxygen atoms in total. The van der Waals surface area contributed by atoms with Gasteiger partial charge in [-0.1, -0.05) is 45.0 Å². The molecule has 0 aliphatic rings. The summed E-state index contributed by atoms with van der Waals surface area (Å²) in [6, 6.07) is 15.7. The van der Waals surface area contributed by atoms with Crippen LogP contribution in [-0.4, -0.2) is 40.0 Å². The molecule has 2 amide bonds. The molecule has 4 N–H and O–H groups in total. The van der Waals surface area contributed by atoms with Crippen LogP contribution >= 0.6 is 0 Å². The number of carbonyl (C=O) groups excluding carboxylic acids is 2. The number of aliphatic hydroxyl groups is 1. The second kappa shape index (κ2) is 10.3. The van der Waals surface area contributed by atoms with Crippen molar-refractivity contribution in [1.29, 1.82) is 0 Å². The highest BCUT2D eigenvalue weighted by atomic mass is 19.1. The second-order valence-corrected chi connectivity index (χ2v) is 9.60. The molecule has 2 heterocycles. The van der Waals surface area contributed by atoms with Crippen molar-refractivity contribution in [3.05, 3.63) is 89.0 Å². The molecular formula is C28H29FN4O3. The monoisotopic (exact) mass is 488 g/mol. The molecule has 0 saturated carbocycles. The fraction of sp³-hybridized carbons (Fsp3) is 0.250. The number of halogens is 1. The van der Waals surface area contributed by atoms with Crippen LogP contribution in [0.1, 0.15) is 52.7 Å². The Bertz CT molecular complexity index is 1400. The third-order valence-corrected chi connectivity index (χ3v) is 5.99. The fourth-order valence-corrected chi connectivity index (χ4v) is 3.92. The van der Waals surface area contributed by atoms with E-state index in [0.717, 1.165) is 5.56 Å². The Kier molecular flexibility index (Phi) is 7.17. The van der Waals surface area contributed by atoms with Crippen LogP contribution in [-0.2, 0) is 12.0 Å². The van der Waals surface area contributed by atoms with Crippen molar-refractivity contribution in [2.45, 2.75) is 32.7 Å². The predicted octanol–water partition coefficient (Wildman–Crippen LogP) is 4.32. The predicted molar refractivity (Wildman–Crippen MR) is 137 cm³/mol. The summed E-state index contributed by atoms with van der Waals surface area (Å²) in [6.45, 7) is 6.35. The zero-order chi connectivity index (χ0) is 25.9. The summed E-state index contributed by atoms with van der Waals surface area (Å²) in [5.74, 6) is -1.08. The van der Waals surface area contributed by atoms with Gasteiger partial charge in [0, 0.05) is 35.8 Å². The summed E-state index contributed by atoms with van der Waals surface area (Å²) < 4.78 is 15.0. The highest BCUT2D eigenvalue weighted by molar-refractivity contribution is 6.01. The van der Waals surface area contributed by atoms with Crippen molar-refractivity contribution in [2.24, 2.45) is 0 Å². The van der Waals surface area contributed by atoms with Crippen LogP contribution in [0, 0.1) is 5.82 Å². The highest BCUT2D eigenvalue weighted by Gasteiger charge is 2.16. The SMILES string of the molecule is CC(C)(C)c1ccc(C(=O)NCc2ccc(-c3ccnc4[nH]c(C(=O)NCCO)cc34)cc2F)cc1. The average Bonchev–Trinajstić information content (AvgIpc) is 3.30. The molecule has 0 saturated heterocycles. The molecule has 0 aliphatic carbocycles. The number of pyridine rings is 1. The van der Waals surface area contributed by atoms with E-state index < -0.39 is 5.82 Å². The van der Waals surface area contributed by atoms with Gasteiger partial charge < -0.3 is 20.7 Å². The van der Waals surface area contributed by atoms with Crippen LogP contribution in [0.5, 0.6) is 0 Å². The number of carbonyl (C=O) groups is 2. The number of fused-ring (bicyclic) bond motifs is 1. The number of nitrogens with zero attached hydrogens (tertiary/aromatic N) is 1. The maximum atomic E-state index is 15.0. The Morgan fingerprint density at radius 2 is 1.75 bits per heavy atom. The van der Waals surface area contributed by atoms with Crippen LogP contribution < -0.4 is 10.6 Å². The van der Waals surface area contributed by atoms with Crippen LogP contribution in [0.4, 0.5) is 4.39 Å². The number of aromatic nitrogens is 2. The zero-order valence-corrected chi connectivity index (χ0v) is 20.5. The molecule has 36 heavy (non-hydrogen) atoms. The number of rotatable bonds is 7. The molecular weight excluding hydrogens is 459 g/mol. The molecule has 8 heteroatoms. The van der Waals surface area contributed by atoms with Gasteiger partial charge in [-0.25, -0.2) is 9.37 Å². The lowest BCUT2D eigenvalue weighted by Crippen LogP contribution is -2.26. The smallest absolute Gasteiger partial charge is 0.267 e. The first-order chi connectivity index (χ1) is 17.2. The van der Waals surface area contributed by atoms with Gasteiger partial charge >= 0.3 is 0 Å². The number of aromatic amines is 1. The maximum absolute atomic E-state index is 15.0. The Hall–Kier alpha value is -4.04. The molecule has 0 bridgehead atoms. The Morgan fingerprint density at radius 3 is 2.42 bits per heavy atom. The van der Waals surface area contributed by atoms with Crippen LogP contribution in [0.2, 0.25) is 0 Å². The van der Waals surface area contributed by atoms with E-state index in [4.69, 9.17) is 5.11 Å². The number of benzene rings is 2. The first-order valence-corrected chi connectivity index (χ1v) is 11.7. The Labute approximate surface area is 208 Å². The molecule has 4 aromatic rings. The van der Waals surface area contributed by atoms with E-state index in [1.54, 1.807) is 42.6 Å². The topological polar surface area (TPSA) is 107 Å². The molecule has 0 radical (unpaired) electrons. The number of hydrogen-bond donors (Lipinski definition) is 4. The first kappa shape index (κ1) is 25.1. The highest BCUT2D eigenvalue weighted by Crippen LogP contribution is 2.29. The molecule has 0 spiro atoms. The summed E-state index contributed by atoms with van der Waals surface area (Å²) in [6.07, 6.45) is 1.58. The van der Waals surface area contributed by atoms with Crippen molar-refractivity contribution in [1.82, 2.24) is 20.6 Å². The first-order valence-electron chi connectivity index (χ1n) is 11.7. The van der Waals surface area contributed by atoms with E-state index in [1.165, 1.54) is 6.07 Å². The van der Waals surface area contributed by atoms with Gasteiger partial charge in [-0.05, 0) is 52.4 Å². The van der Waals surface area contributed by atoms with Crippen LogP contribution in [0.15, 0.2) is 60.8 Å². The molecule has 2 aromatic heterocycles. The number of hydrogen-bond acceptors (Lipinski definition) is 4. The van der Waals surface area contributed by atoms with E-state index in [1.807, 2.05) is 12.1 Å². The largest absolute Gasteiger partial charge is 0.395 e. The number of aliphatic hydroxyl groups excluding tert-OH is 1. The Balaban J connectivity index is 1.49. The molecule has 4 rings (SSSR count). The summed E-state index contributed by atoms with van der Waals surface area (Å²) in [5.41, 5.74) is 4.14. The van der Waals surface area contributed by atoms with E-state index in [0.29, 0.717) is 39.0 Å².